The van der Waals surface area contributed by atoms with Crippen LogP contribution in [-0.2, 0) is 20.9 Å². The lowest BCUT2D eigenvalue weighted by atomic mass is 10.1. The van der Waals surface area contributed by atoms with Gasteiger partial charge in [0.1, 0.15) is 37.4 Å². The minimum atomic E-state index is -0.906. The third-order valence-corrected chi connectivity index (χ3v) is 6.24. The molecule has 1 heterocycles. The van der Waals surface area contributed by atoms with Crippen molar-refractivity contribution in [3.05, 3.63) is 96.1 Å². The van der Waals surface area contributed by atoms with Gasteiger partial charge in [-0.15, -0.1) is 0 Å². The van der Waals surface area contributed by atoms with Crippen LogP contribution < -0.4 is 20.1 Å². The average molecular weight is 548 g/mol. The van der Waals surface area contributed by atoms with Crippen LogP contribution in [0.4, 0.5) is 0 Å². The van der Waals surface area contributed by atoms with Crippen LogP contribution in [0.25, 0.3) is 0 Å². The molecular formula is C29H29N3O6S. The fourth-order valence-electron chi connectivity index (χ4n) is 3.96. The summed E-state index contributed by atoms with van der Waals surface area (Å²) in [7, 11) is 0. The van der Waals surface area contributed by atoms with Crippen LogP contribution in [0.5, 0.6) is 11.5 Å². The summed E-state index contributed by atoms with van der Waals surface area (Å²) in [6, 6.07) is 24.5. The summed E-state index contributed by atoms with van der Waals surface area (Å²) in [5, 5.41) is 5.46. The number of nitrogens with zero attached hydrogens (tertiary/aromatic N) is 1. The lowest BCUT2D eigenvalue weighted by Crippen LogP contribution is -2.60. The van der Waals surface area contributed by atoms with Crippen molar-refractivity contribution in [1.82, 2.24) is 15.5 Å². The number of esters is 1. The summed E-state index contributed by atoms with van der Waals surface area (Å²) in [5.41, 5.74) is 1.12. The lowest BCUT2D eigenvalue weighted by Gasteiger charge is -2.36. The smallest absolute Gasteiger partial charge is 0.308 e. The number of nitrogens with one attached hydrogen (secondary N) is 2. The molecule has 2 amide bonds. The Kier molecular flexibility index (Phi) is 9.85. The molecule has 2 N–H and O–H groups in total. The van der Waals surface area contributed by atoms with Crippen molar-refractivity contribution in [2.24, 2.45) is 0 Å². The van der Waals surface area contributed by atoms with Crippen molar-refractivity contribution in [2.75, 3.05) is 26.3 Å². The number of rotatable bonds is 10. The van der Waals surface area contributed by atoms with Gasteiger partial charge in [-0.05, 0) is 42.0 Å². The molecule has 10 heteroatoms. The molecule has 4 rings (SSSR count). The second-order valence-corrected chi connectivity index (χ2v) is 9.00. The Morgan fingerprint density at radius 1 is 0.923 bits per heavy atom. The normalized spacial score (nSPS) is 14.6. The van der Waals surface area contributed by atoms with E-state index in [-0.39, 0.29) is 36.2 Å². The Labute approximate surface area is 232 Å². The molecule has 0 spiro atoms. The van der Waals surface area contributed by atoms with Gasteiger partial charge in [-0.1, -0.05) is 60.7 Å². The van der Waals surface area contributed by atoms with Crippen LogP contribution in [0, 0.1) is 0 Å². The molecule has 0 radical (unpaired) electrons. The van der Waals surface area contributed by atoms with Gasteiger partial charge < -0.3 is 24.4 Å². The molecule has 39 heavy (non-hydrogen) atoms. The number of benzene rings is 3. The van der Waals surface area contributed by atoms with Gasteiger partial charge in [0.15, 0.2) is 5.11 Å². The third kappa shape index (κ3) is 8.02. The fourth-order valence-corrected chi connectivity index (χ4v) is 4.27. The van der Waals surface area contributed by atoms with E-state index in [0.29, 0.717) is 25.4 Å². The number of carbonyl (C=O) groups excluding carboxylic acids is 3. The molecule has 3 aromatic rings. The molecule has 0 aliphatic carbocycles. The summed E-state index contributed by atoms with van der Waals surface area (Å²) < 4.78 is 16.8. The number of piperazine rings is 1. The van der Waals surface area contributed by atoms with Crippen LogP contribution >= 0.6 is 12.2 Å². The molecule has 1 aliphatic rings. The van der Waals surface area contributed by atoms with Crippen LogP contribution in [0.1, 0.15) is 22.3 Å². The van der Waals surface area contributed by atoms with E-state index in [1.807, 2.05) is 60.7 Å². The van der Waals surface area contributed by atoms with Gasteiger partial charge in [-0.25, -0.2) is 0 Å². The van der Waals surface area contributed by atoms with Gasteiger partial charge in [-0.3, -0.25) is 19.7 Å². The van der Waals surface area contributed by atoms with E-state index < -0.39 is 17.9 Å². The highest BCUT2D eigenvalue weighted by Gasteiger charge is 2.34. The molecule has 1 unspecified atom stereocenters. The number of carbonyl (C=O) groups is 3. The quantitative estimate of drug-likeness (QED) is 0.227. The van der Waals surface area contributed by atoms with Crippen molar-refractivity contribution in [1.29, 1.82) is 0 Å². The molecule has 202 valence electrons. The summed E-state index contributed by atoms with van der Waals surface area (Å²) in [4.78, 5) is 39.8. The molecule has 9 nitrogen and oxygen atoms in total. The first kappa shape index (κ1) is 27.6. The molecule has 1 fully saturated rings. The third-order valence-electron chi connectivity index (χ3n) is 5.90. The predicted octanol–water partition coefficient (Wildman–Crippen LogP) is 3.09. The Hall–Kier alpha value is -4.44. The molecule has 1 saturated heterocycles. The van der Waals surface area contributed by atoms with Gasteiger partial charge in [0.2, 0.25) is 5.91 Å². The maximum atomic E-state index is 13.1. The second-order valence-electron chi connectivity index (χ2n) is 8.62. The predicted molar refractivity (Wildman–Crippen MR) is 148 cm³/mol. The summed E-state index contributed by atoms with van der Waals surface area (Å²) in [6.45, 7) is 1.27. The lowest BCUT2D eigenvalue weighted by molar-refractivity contribution is -0.148. The van der Waals surface area contributed by atoms with Crippen LogP contribution in [-0.4, -0.2) is 60.1 Å². The van der Waals surface area contributed by atoms with Gasteiger partial charge in [0.05, 0.1) is 12.0 Å². The molecule has 0 saturated carbocycles. The highest BCUT2D eigenvalue weighted by molar-refractivity contribution is 7.80. The Morgan fingerprint density at radius 3 is 2.36 bits per heavy atom. The second kappa shape index (κ2) is 13.9. The minimum Gasteiger partial charge on any atom is -0.490 e. The minimum absolute atomic E-state index is 0.0397. The number of amides is 2. The first-order chi connectivity index (χ1) is 19.0. The van der Waals surface area contributed by atoms with E-state index in [1.54, 1.807) is 24.3 Å². The van der Waals surface area contributed by atoms with Crippen LogP contribution in [0.2, 0.25) is 0 Å². The zero-order valence-corrected chi connectivity index (χ0v) is 22.0. The van der Waals surface area contributed by atoms with Gasteiger partial charge >= 0.3 is 5.97 Å². The first-order valence-electron chi connectivity index (χ1n) is 12.5. The molecule has 3 aromatic carbocycles. The van der Waals surface area contributed by atoms with Crippen molar-refractivity contribution < 1.29 is 28.6 Å². The largest absolute Gasteiger partial charge is 0.490 e. The number of thiocarbonyl (C=S) groups is 1. The van der Waals surface area contributed by atoms with Crippen molar-refractivity contribution in [3.8, 4) is 11.5 Å². The Bertz CT molecular complexity index is 1290. The zero-order chi connectivity index (χ0) is 27.5. The van der Waals surface area contributed by atoms with Gasteiger partial charge in [0, 0.05) is 13.1 Å². The molecule has 0 aromatic heterocycles. The summed E-state index contributed by atoms with van der Waals surface area (Å²) in [6.07, 6.45) is -0.213. The number of ether oxygens (including phenoxy) is 3. The average Bonchev–Trinajstić information content (AvgIpc) is 2.96. The number of hydrogen-bond donors (Lipinski definition) is 2. The fraction of sp³-hybridized carbons (Fsp3) is 0.241. The Balaban J connectivity index is 1.33. The first-order valence-corrected chi connectivity index (χ1v) is 12.9. The summed E-state index contributed by atoms with van der Waals surface area (Å²) in [5.74, 6) is -0.308. The summed E-state index contributed by atoms with van der Waals surface area (Å²) >= 11 is 5.48. The highest BCUT2D eigenvalue weighted by Crippen LogP contribution is 2.19. The van der Waals surface area contributed by atoms with E-state index in [1.165, 1.54) is 4.90 Å². The monoisotopic (exact) mass is 547 g/mol. The maximum Gasteiger partial charge on any atom is 0.308 e. The Morgan fingerprint density at radius 2 is 1.59 bits per heavy atom. The zero-order valence-electron chi connectivity index (χ0n) is 21.2. The van der Waals surface area contributed by atoms with E-state index in [9.17, 15) is 14.4 Å². The van der Waals surface area contributed by atoms with Crippen LogP contribution in [0.3, 0.4) is 0 Å². The standard InChI is InChI=1S/C29H29N3O6S/c33-26(38-20-21-9-3-1-4-10-21)19-24-28(35)30-15-16-32(24)29(39)31-27(34)23-13-7-8-14-25(23)37-18-17-36-22-11-5-2-6-12-22/h1-14,24H,15-20H2,(H,30,35)(H,31,34,39). The van der Waals surface area contributed by atoms with Crippen molar-refractivity contribution in [3.63, 3.8) is 0 Å². The SMILES string of the molecule is O=C(CC1C(=O)NCCN1C(=S)NC(=O)c1ccccc1OCCOc1ccccc1)OCc1ccccc1. The maximum absolute atomic E-state index is 13.1. The van der Waals surface area contributed by atoms with Crippen molar-refractivity contribution >= 4 is 35.1 Å². The highest BCUT2D eigenvalue weighted by atomic mass is 32.1. The van der Waals surface area contributed by atoms with Crippen molar-refractivity contribution in [2.45, 2.75) is 19.1 Å². The van der Waals surface area contributed by atoms with E-state index >= 15 is 0 Å². The molecular weight excluding hydrogens is 518 g/mol. The molecule has 1 atom stereocenters. The number of para-hydroxylation sites is 2. The molecule has 0 bridgehead atoms. The van der Waals surface area contributed by atoms with E-state index in [0.717, 1.165) is 11.3 Å². The molecule has 1 aliphatic heterocycles. The number of hydrogen-bond acceptors (Lipinski definition) is 7. The van der Waals surface area contributed by atoms with E-state index in [4.69, 9.17) is 26.4 Å². The topological polar surface area (TPSA) is 106 Å². The van der Waals surface area contributed by atoms with Gasteiger partial charge in [-0.2, -0.15) is 0 Å². The van der Waals surface area contributed by atoms with E-state index in [2.05, 4.69) is 10.6 Å². The van der Waals surface area contributed by atoms with Crippen LogP contribution in [0.15, 0.2) is 84.9 Å². The van der Waals surface area contributed by atoms with Gasteiger partial charge in [0.25, 0.3) is 5.91 Å².